The van der Waals surface area contributed by atoms with E-state index < -0.39 is 9.84 Å². The smallest absolute Gasteiger partial charge is 0.270 e. The first kappa shape index (κ1) is 19.4. The van der Waals surface area contributed by atoms with Crippen molar-refractivity contribution >= 4 is 32.6 Å². The average molecular weight is 414 g/mol. The van der Waals surface area contributed by atoms with Crippen molar-refractivity contribution in [3.05, 3.63) is 53.6 Å². The van der Waals surface area contributed by atoms with Gasteiger partial charge in [-0.05, 0) is 31.0 Å². The predicted octanol–water partition coefficient (Wildman–Crippen LogP) is 2.03. The standard InChI is InChI=1S/C20H22N4O4S/c1-29(27,28)13-19-22-15-6-2-3-7-17(15)24(19)12-18(25)14-10-16(21-11-14)20(26)23-8-4-5-9-23/h2-3,6-7,10-11,21H,4-5,8-9,12-13H2,1H3. The fourth-order valence-electron chi connectivity index (χ4n) is 3.65. The number of rotatable bonds is 6. The minimum absolute atomic E-state index is 0.0550. The lowest BCUT2D eigenvalue weighted by molar-refractivity contribution is 0.0787. The molecule has 1 aliphatic heterocycles. The molecule has 0 spiro atoms. The number of benzene rings is 1. The molecule has 0 saturated carbocycles. The molecule has 1 N–H and O–H groups in total. The van der Waals surface area contributed by atoms with E-state index in [0.717, 1.165) is 32.2 Å². The van der Waals surface area contributed by atoms with E-state index in [4.69, 9.17) is 0 Å². The third-order valence-corrected chi connectivity index (χ3v) is 5.84. The Morgan fingerprint density at radius 2 is 1.90 bits per heavy atom. The maximum Gasteiger partial charge on any atom is 0.270 e. The van der Waals surface area contributed by atoms with Gasteiger partial charge in [-0.15, -0.1) is 0 Å². The van der Waals surface area contributed by atoms with E-state index in [1.807, 2.05) is 12.1 Å². The van der Waals surface area contributed by atoms with Gasteiger partial charge in [0.1, 0.15) is 17.3 Å². The van der Waals surface area contributed by atoms with Crippen molar-refractivity contribution in [2.45, 2.75) is 25.1 Å². The summed E-state index contributed by atoms with van der Waals surface area (Å²) in [4.78, 5) is 34.4. The Balaban J connectivity index is 1.61. The van der Waals surface area contributed by atoms with Crippen molar-refractivity contribution in [1.29, 1.82) is 0 Å². The molecule has 0 atom stereocenters. The number of carbonyl (C=O) groups is 2. The van der Waals surface area contributed by atoms with Crippen molar-refractivity contribution in [2.75, 3.05) is 19.3 Å². The number of aromatic nitrogens is 3. The molecule has 4 rings (SSSR count). The second-order valence-electron chi connectivity index (χ2n) is 7.40. The number of nitrogens with one attached hydrogen (secondary N) is 1. The van der Waals surface area contributed by atoms with E-state index in [9.17, 15) is 18.0 Å². The Kier molecular flexibility index (Phi) is 4.99. The van der Waals surface area contributed by atoms with Crippen LogP contribution in [0.4, 0.5) is 0 Å². The molecule has 2 aromatic heterocycles. The molecule has 0 unspecified atom stereocenters. The van der Waals surface area contributed by atoms with Gasteiger partial charge in [0.05, 0.1) is 17.6 Å². The number of amides is 1. The second kappa shape index (κ2) is 7.47. The molecule has 0 aliphatic carbocycles. The number of hydrogen-bond acceptors (Lipinski definition) is 5. The first-order valence-electron chi connectivity index (χ1n) is 9.44. The van der Waals surface area contributed by atoms with Gasteiger partial charge in [-0.2, -0.15) is 0 Å². The first-order valence-corrected chi connectivity index (χ1v) is 11.5. The Morgan fingerprint density at radius 3 is 2.62 bits per heavy atom. The first-order chi connectivity index (χ1) is 13.8. The van der Waals surface area contributed by atoms with Gasteiger partial charge >= 0.3 is 0 Å². The molecule has 0 radical (unpaired) electrons. The van der Waals surface area contributed by atoms with Crippen LogP contribution in [0.2, 0.25) is 0 Å². The molecule has 1 aromatic carbocycles. The summed E-state index contributed by atoms with van der Waals surface area (Å²) in [6.07, 6.45) is 4.66. The molecule has 3 aromatic rings. The maximum absolute atomic E-state index is 12.9. The lowest BCUT2D eigenvalue weighted by Gasteiger charge is -2.13. The Bertz CT molecular complexity index is 1190. The Hall–Kier alpha value is -2.94. The van der Waals surface area contributed by atoms with E-state index >= 15 is 0 Å². The zero-order valence-corrected chi connectivity index (χ0v) is 16.9. The van der Waals surface area contributed by atoms with Crippen molar-refractivity contribution in [3.8, 4) is 0 Å². The third kappa shape index (κ3) is 4.09. The highest BCUT2D eigenvalue weighted by atomic mass is 32.2. The molecule has 3 heterocycles. The van der Waals surface area contributed by atoms with Gasteiger partial charge in [-0.25, -0.2) is 13.4 Å². The lowest BCUT2D eigenvalue weighted by Crippen LogP contribution is -2.27. The highest BCUT2D eigenvalue weighted by Crippen LogP contribution is 2.19. The number of para-hydroxylation sites is 2. The molecule has 9 heteroatoms. The summed E-state index contributed by atoms with van der Waals surface area (Å²) in [6, 6.07) is 8.79. The number of likely N-dealkylation sites (tertiary alicyclic amines) is 1. The van der Waals surface area contributed by atoms with Gasteiger partial charge in [0, 0.05) is 31.1 Å². The van der Waals surface area contributed by atoms with Crippen LogP contribution in [-0.4, -0.2) is 58.9 Å². The van der Waals surface area contributed by atoms with Crippen LogP contribution in [0.3, 0.4) is 0 Å². The van der Waals surface area contributed by atoms with Crippen LogP contribution in [0.5, 0.6) is 0 Å². The van der Waals surface area contributed by atoms with Crippen molar-refractivity contribution in [3.63, 3.8) is 0 Å². The average Bonchev–Trinajstić information content (AvgIpc) is 3.41. The minimum Gasteiger partial charge on any atom is -0.356 e. The number of imidazole rings is 1. The number of sulfone groups is 1. The van der Waals surface area contributed by atoms with Crippen molar-refractivity contribution < 1.29 is 18.0 Å². The van der Waals surface area contributed by atoms with Crippen molar-refractivity contribution in [1.82, 2.24) is 19.4 Å². The number of H-pyrrole nitrogens is 1. The number of Topliss-reactive ketones (excluding diaryl/α,β-unsaturated/α-hetero) is 1. The molecule has 0 bridgehead atoms. The number of nitrogens with zero attached hydrogens (tertiary/aromatic N) is 3. The fourth-order valence-corrected chi connectivity index (χ4v) is 4.34. The van der Waals surface area contributed by atoms with Crippen LogP contribution in [0.25, 0.3) is 11.0 Å². The summed E-state index contributed by atoms with van der Waals surface area (Å²) in [6.45, 7) is 1.41. The van der Waals surface area contributed by atoms with Crippen LogP contribution < -0.4 is 0 Å². The predicted molar refractivity (Wildman–Crippen MR) is 109 cm³/mol. The summed E-state index contributed by atoms with van der Waals surface area (Å²) >= 11 is 0. The Labute approximate surface area is 168 Å². The molecule has 1 amide bonds. The molecule has 1 saturated heterocycles. The van der Waals surface area contributed by atoms with Crippen LogP contribution in [0, 0.1) is 0 Å². The highest BCUT2D eigenvalue weighted by molar-refractivity contribution is 7.89. The van der Waals surface area contributed by atoms with Crippen LogP contribution >= 0.6 is 0 Å². The van der Waals surface area contributed by atoms with Crippen LogP contribution in [0.15, 0.2) is 36.5 Å². The van der Waals surface area contributed by atoms with Gasteiger partial charge in [-0.1, -0.05) is 12.1 Å². The maximum atomic E-state index is 12.9. The normalized spacial score (nSPS) is 14.6. The molecular weight excluding hydrogens is 392 g/mol. The molecule has 1 aliphatic rings. The summed E-state index contributed by atoms with van der Waals surface area (Å²) in [7, 11) is -3.32. The van der Waals surface area contributed by atoms with E-state index in [0.29, 0.717) is 28.1 Å². The monoisotopic (exact) mass is 414 g/mol. The van der Waals surface area contributed by atoms with Crippen LogP contribution in [-0.2, 0) is 22.1 Å². The van der Waals surface area contributed by atoms with Gasteiger partial charge < -0.3 is 14.5 Å². The number of aromatic amines is 1. The van der Waals surface area contributed by atoms with E-state index in [1.54, 1.807) is 27.7 Å². The van der Waals surface area contributed by atoms with E-state index in [2.05, 4.69) is 9.97 Å². The third-order valence-electron chi connectivity index (χ3n) is 5.06. The number of ketones is 1. The van der Waals surface area contributed by atoms with Crippen LogP contribution in [0.1, 0.15) is 39.5 Å². The fraction of sp³-hybridized carbons (Fsp3) is 0.350. The topological polar surface area (TPSA) is 105 Å². The Morgan fingerprint density at radius 1 is 1.17 bits per heavy atom. The highest BCUT2D eigenvalue weighted by Gasteiger charge is 2.23. The zero-order chi connectivity index (χ0) is 20.6. The van der Waals surface area contributed by atoms with Gasteiger partial charge in [0.25, 0.3) is 5.91 Å². The number of carbonyl (C=O) groups excluding carboxylic acids is 2. The molecule has 29 heavy (non-hydrogen) atoms. The minimum atomic E-state index is -3.32. The molecule has 8 nitrogen and oxygen atoms in total. The van der Waals surface area contributed by atoms with Gasteiger partial charge in [0.15, 0.2) is 15.6 Å². The zero-order valence-electron chi connectivity index (χ0n) is 16.1. The van der Waals surface area contributed by atoms with Crippen molar-refractivity contribution in [2.24, 2.45) is 0 Å². The SMILES string of the molecule is CS(=O)(=O)Cc1nc2ccccc2n1CC(=O)c1c[nH]c(C(=O)N2CCCC2)c1. The van der Waals surface area contributed by atoms with E-state index in [1.165, 1.54) is 6.20 Å². The van der Waals surface area contributed by atoms with E-state index in [-0.39, 0.29) is 24.0 Å². The quantitative estimate of drug-likeness (QED) is 0.622. The largest absolute Gasteiger partial charge is 0.356 e. The number of hydrogen-bond donors (Lipinski definition) is 1. The summed E-state index contributed by atoms with van der Waals surface area (Å²) < 4.78 is 25.2. The molecule has 152 valence electrons. The number of fused-ring (bicyclic) bond motifs is 1. The van der Waals surface area contributed by atoms with Gasteiger partial charge in [-0.3, -0.25) is 9.59 Å². The van der Waals surface area contributed by atoms with Gasteiger partial charge in [0.2, 0.25) is 0 Å². The summed E-state index contributed by atoms with van der Waals surface area (Å²) in [5.74, 6) is -0.251. The molecule has 1 fully saturated rings. The second-order valence-corrected chi connectivity index (χ2v) is 9.54. The lowest BCUT2D eigenvalue weighted by atomic mass is 10.2. The summed E-state index contributed by atoms with van der Waals surface area (Å²) in [5, 5.41) is 0. The summed E-state index contributed by atoms with van der Waals surface area (Å²) in [5.41, 5.74) is 2.11. The molecular formula is C20H22N4O4S.